The molecule has 6 nitrogen and oxygen atoms in total. The second-order valence-corrected chi connectivity index (χ2v) is 8.19. The molecule has 0 radical (unpaired) electrons. The van der Waals surface area contributed by atoms with E-state index in [9.17, 15) is 12.8 Å². The lowest BCUT2D eigenvalue weighted by Gasteiger charge is -2.37. The number of amidine groups is 1. The zero-order valence-corrected chi connectivity index (χ0v) is 12.3. The first-order valence-corrected chi connectivity index (χ1v) is 7.64. The molecule has 0 aromatic carbocycles. The summed E-state index contributed by atoms with van der Waals surface area (Å²) in [5, 5.41) is 0. The Morgan fingerprint density at radius 2 is 1.90 bits per heavy atom. The van der Waals surface area contributed by atoms with Gasteiger partial charge in [-0.15, -0.1) is 0 Å². The number of nitrogen functional groups attached to an aromatic ring is 1. The summed E-state index contributed by atoms with van der Waals surface area (Å²) >= 11 is 0. The number of nitrogens with two attached hydrogens (primary N) is 2. The molecule has 1 aromatic heterocycles. The lowest BCUT2D eigenvalue weighted by molar-refractivity contribution is 0.464. The third-order valence-corrected chi connectivity index (χ3v) is 6.38. The molecule has 1 aromatic rings. The van der Waals surface area contributed by atoms with Crippen LogP contribution in [0.2, 0.25) is 0 Å². The van der Waals surface area contributed by atoms with Gasteiger partial charge < -0.3 is 11.5 Å². The highest BCUT2D eigenvalue weighted by atomic mass is 32.2. The molecule has 1 unspecified atom stereocenters. The lowest BCUT2D eigenvalue weighted by atomic mass is 9.94. The number of aliphatic imine (C=N–C) groups is 1. The van der Waals surface area contributed by atoms with Crippen LogP contribution < -0.4 is 11.5 Å². The predicted octanol–water partition coefficient (Wildman–Crippen LogP) is 0.582. The summed E-state index contributed by atoms with van der Waals surface area (Å²) in [5.74, 6) is -1.20. The van der Waals surface area contributed by atoms with Gasteiger partial charge >= 0.3 is 0 Å². The molecule has 0 saturated carbocycles. The molecular formula is C12H17FN4O2S. The molecule has 0 fully saturated rings. The predicted molar refractivity (Wildman–Crippen MR) is 75.4 cm³/mol. The van der Waals surface area contributed by atoms with Crippen LogP contribution in [0, 0.1) is 5.95 Å². The Bertz CT molecular complexity index is 699. The summed E-state index contributed by atoms with van der Waals surface area (Å²) in [6.07, 6.45) is 1.16. The van der Waals surface area contributed by atoms with Crippen molar-refractivity contribution in [3.63, 3.8) is 0 Å². The van der Waals surface area contributed by atoms with Crippen LogP contribution in [0.25, 0.3) is 0 Å². The lowest BCUT2D eigenvalue weighted by Crippen LogP contribution is -2.55. The zero-order valence-electron chi connectivity index (χ0n) is 11.5. The number of sulfone groups is 1. The number of pyridine rings is 1. The molecule has 1 aliphatic rings. The standard InChI is InChI=1S/C12H17FN4O2S/c1-11(2)10(15)17-12(3,6-20(11,18)19)8-4-7(14)5-16-9(8)13/h4-5H,6,14H2,1-3H3,(H2,15,17). The molecule has 20 heavy (non-hydrogen) atoms. The van der Waals surface area contributed by atoms with Crippen LogP contribution in [0.5, 0.6) is 0 Å². The minimum absolute atomic E-state index is 0.0273. The molecule has 2 rings (SSSR count). The third kappa shape index (κ3) is 2.04. The fourth-order valence-electron chi connectivity index (χ4n) is 2.12. The molecule has 1 atom stereocenters. The van der Waals surface area contributed by atoms with Crippen molar-refractivity contribution in [2.75, 3.05) is 11.5 Å². The first-order chi connectivity index (χ1) is 8.99. The first-order valence-electron chi connectivity index (χ1n) is 5.99. The van der Waals surface area contributed by atoms with Gasteiger partial charge in [-0.3, -0.25) is 4.99 Å². The van der Waals surface area contributed by atoms with E-state index in [1.54, 1.807) is 0 Å². The van der Waals surface area contributed by atoms with E-state index < -0.39 is 26.1 Å². The highest BCUT2D eigenvalue weighted by Gasteiger charge is 2.49. The Morgan fingerprint density at radius 1 is 1.30 bits per heavy atom. The maximum atomic E-state index is 13.9. The second-order valence-electron chi connectivity index (χ2n) is 5.65. The Hall–Kier alpha value is -1.70. The highest BCUT2D eigenvalue weighted by molar-refractivity contribution is 7.93. The average molecular weight is 300 g/mol. The molecule has 0 amide bonds. The molecular weight excluding hydrogens is 283 g/mol. The molecule has 0 aliphatic carbocycles. The van der Waals surface area contributed by atoms with Crippen LogP contribution >= 0.6 is 0 Å². The summed E-state index contributed by atoms with van der Waals surface area (Å²) in [6, 6.07) is 1.34. The Labute approximate surface area is 117 Å². The highest BCUT2D eigenvalue weighted by Crippen LogP contribution is 2.37. The van der Waals surface area contributed by atoms with Gasteiger partial charge in [-0.1, -0.05) is 0 Å². The molecule has 0 spiro atoms. The van der Waals surface area contributed by atoms with Crippen molar-refractivity contribution in [3.8, 4) is 0 Å². The molecule has 2 heterocycles. The molecule has 1 aliphatic heterocycles. The van der Waals surface area contributed by atoms with Gasteiger partial charge in [0, 0.05) is 5.56 Å². The van der Waals surface area contributed by atoms with Crippen molar-refractivity contribution in [1.82, 2.24) is 4.98 Å². The van der Waals surface area contributed by atoms with Crippen LogP contribution in [0.4, 0.5) is 10.1 Å². The maximum Gasteiger partial charge on any atom is 0.218 e. The van der Waals surface area contributed by atoms with E-state index >= 15 is 0 Å². The smallest absolute Gasteiger partial charge is 0.218 e. The molecule has 8 heteroatoms. The zero-order chi connectivity index (χ0) is 15.3. The van der Waals surface area contributed by atoms with Gasteiger partial charge in [0.05, 0.1) is 17.6 Å². The molecule has 0 bridgehead atoms. The minimum atomic E-state index is -3.59. The summed E-state index contributed by atoms with van der Waals surface area (Å²) in [5.41, 5.74) is 10.3. The Morgan fingerprint density at radius 3 is 2.45 bits per heavy atom. The van der Waals surface area contributed by atoms with E-state index in [1.807, 2.05) is 0 Å². The number of anilines is 1. The van der Waals surface area contributed by atoms with Gasteiger partial charge in [0.15, 0.2) is 9.84 Å². The minimum Gasteiger partial charge on any atom is -0.397 e. The fraction of sp³-hybridized carbons (Fsp3) is 0.500. The largest absolute Gasteiger partial charge is 0.397 e. The number of aromatic nitrogens is 1. The van der Waals surface area contributed by atoms with Crippen molar-refractivity contribution in [1.29, 1.82) is 0 Å². The van der Waals surface area contributed by atoms with Crippen LogP contribution in [-0.2, 0) is 15.4 Å². The molecule has 0 saturated heterocycles. The van der Waals surface area contributed by atoms with E-state index in [1.165, 1.54) is 26.8 Å². The van der Waals surface area contributed by atoms with Gasteiger partial charge in [0.2, 0.25) is 5.95 Å². The molecule has 110 valence electrons. The van der Waals surface area contributed by atoms with Crippen LogP contribution in [-0.4, -0.2) is 29.7 Å². The Balaban J connectivity index is 2.69. The van der Waals surface area contributed by atoms with Crippen LogP contribution in [0.15, 0.2) is 17.3 Å². The normalized spacial score (nSPS) is 27.9. The summed E-state index contributed by atoms with van der Waals surface area (Å²) < 4.78 is 37.4. The first kappa shape index (κ1) is 14.7. The van der Waals surface area contributed by atoms with Crippen molar-refractivity contribution >= 4 is 21.4 Å². The van der Waals surface area contributed by atoms with Crippen molar-refractivity contribution in [2.24, 2.45) is 10.7 Å². The van der Waals surface area contributed by atoms with E-state index in [0.29, 0.717) is 0 Å². The van der Waals surface area contributed by atoms with Crippen molar-refractivity contribution in [3.05, 3.63) is 23.8 Å². The van der Waals surface area contributed by atoms with E-state index in [-0.39, 0.29) is 22.8 Å². The number of nitrogens with zero attached hydrogens (tertiary/aromatic N) is 2. The number of hydrogen-bond acceptors (Lipinski definition) is 6. The topological polar surface area (TPSA) is 111 Å². The fourth-order valence-corrected chi connectivity index (χ4v) is 3.81. The summed E-state index contributed by atoms with van der Waals surface area (Å²) in [6.45, 7) is 4.47. The SMILES string of the molecule is CC1(c2cc(N)cnc2F)CS(=O)(=O)C(C)(C)C(N)=N1. The van der Waals surface area contributed by atoms with Gasteiger partial charge in [-0.2, -0.15) is 4.39 Å². The Kier molecular flexibility index (Phi) is 3.05. The quantitative estimate of drug-likeness (QED) is 0.737. The maximum absolute atomic E-state index is 13.9. The van der Waals surface area contributed by atoms with Crippen molar-refractivity contribution < 1.29 is 12.8 Å². The third-order valence-electron chi connectivity index (χ3n) is 3.67. The van der Waals surface area contributed by atoms with E-state index in [2.05, 4.69) is 9.98 Å². The van der Waals surface area contributed by atoms with Gasteiger partial charge in [0.1, 0.15) is 16.1 Å². The van der Waals surface area contributed by atoms with E-state index in [0.717, 1.165) is 6.20 Å². The number of hydrogen-bond donors (Lipinski definition) is 2. The average Bonchev–Trinajstić information content (AvgIpc) is 2.29. The van der Waals surface area contributed by atoms with Crippen LogP contribution in [0.1, 0.15) is 26.3 Å². The van der Waals surface area contributed by atoms with E-state index in [4.69, 9.17) is 11.5 Å². The number of rotatable bonds is 1. The van der Waals surface area contributed by atoms with Gasteiger partial charge in [0.25, 0.3) is 0 Å². The number of halogens is 1. The van der Waals surface area contributed by atoms with Gasteiger partial charge in [-0.25, -0.2) is 13.4 Å². The summed E-state index contributed by atoms with van der Waals surface area (Å²) in [4.78, 5) is 7.73. The molecule has 4 N–H and O–H groups in total. The second kappa shape index (κ2) is 4.15. The van der Waals surface area contributed by atoms with Crippen molar-refractivity contribution in [2.45, 2.75) is 31.1 Å². The monoisotopic (exact) mass is 300 g/mol. The van der Waals surface area contributed by atoms with Gasteiger partial charge in [-0.05, 0) is 26.8 Å². The summed E-state index contributed by atoms with van der Waals surface area (Å²) in [7, 11) is -3.59. The van der Waals surface area contributed by atoms with Crippen LogP contribution in [0.3, 0.4) is 0 Å².